The topological polar surface area (TPSA) is 84.5 Å². The molecule has 0 saturated heterocycles. The van der Waals surface area contributed by atoms with Gasteiger partial charge in [0.25, 0.3) is 0 Å². The lowest BCUT2D eigenvalue weighted by Crippen LogP contribution is -2.40. The Morgan fingerprint density at radius 3 is 2.42 bits per heavy atom. The van der Waals surface area contributed by atoms with Gasteiger partial charge in [0.2, 0.25) is 5.78 Å². The standard InChI is InChI=1S/C17H18N2O4S/c1-23-10-9-18-16(21)17(22)19-11-13-7-8-14(24-13)15(20)12-5-3-2-4-6-12/h2-8H,9-11H2,1H3,(H,18,21)(H,19,22). The second-order valence-corrected chi connectivity index (χ2v) is 6.06. The van der Waals surface area contributed by atoms with Crippen LogP contribution >= 0.6 is 11.3 Å². The average molecular weight is 346 g/mol. The van der Waals surface area contributed by atoms with E-state index in [1.54, 1.807) is 24.3 Å². The first-order chi connectivity index (χ1) is 11.6. The number of carbonyl (C=O) groups is 3. The molecule has 1 heterocycles. The molecule has 0 unspecified atom stereocenters. The normalized spacial score (nSPS) is 10.2. The molecule has 0 radical (unpaired) electrons. The van der Waals surface area contributed by atoms with Crippen molar-refractivity contribution in [3.8, 4) is 0 Å². The Kier molecular flexibility index (Phi) is 6.65. The molecule has 7 heteroatoms. The molecule has 0 atom stereocenters. The van der Waals surface area contributed by atoms with E-state index >= 15 is 0 Å². The van der Waals surface area contributed by atoms with Crippen LogP contribution in [0.5, 0.6) is 0 Å². The second kappa shape index (κ2) is 8.95. The van der Waals surface area contributed by atoms with E-state index in [0.29, 0.717) is 17.0 Å². The van der Waals surface area contributed by atoms with E-state index in [1.165, 1.54) is 18.4 Å². The van der Waals surface area contributed by atoms with Gasteiger partial charge in [-0.1, -0.05) is 30.3 Å². The van der Waals surface area contributed by atoms with Crippen LogP contribution < -0.4 is 10.6 Å². The summed E-state index contributed by atoms with van der Waals surface area (Å²) in [4.78, 5) is 36.8. The molecular weight excluding hydrogens is 328 g/mol. The number of thiophene rings is 1. The Morgan fingerprint density at radius 2 is 1.71 bits per heavy atom. The van der Waals surface area contributed by atoms with E-state index in [9.17, 15) is 14.4 Å². The van der Waals surface area contributed by atoms with Crippen LogP contribution in [0.25, 0.3) is 0 Å². The first-order valence-corrected chi connectivity index (χ1v) is 8.17. The van der Waals surface area contributed by atoms with Gasteiger partial charge in [0.15, 0.2) is 0 Å². The fourth-order valence-corrected chi connectivity index (χ4v) is 2.83. The number of carbonyl (C=O) groups excluding carboxylic acids is 3. The molecule has 1 aromatic heterocycles. The molecule has 2 aromatic rings. The van der Waals surface area contributed by atoms with Crippen LogP contribution in [0.4, 0.5) is 0 Å². The SMILES string of the molecule is COCCNC(=O)C(=O)NCc1ccc(C(=O)c2ccccc2)s1. The van der Waals surface area contributed by atoms with E-state index in [0.717, 1.165) is 4.88 Å². The van der Waals surface area contributed by atoms with Crippen LogP contribution in [0.15, 0.2) is 42.5 Å². The number of nitrogens with one attached hydrogen (secondary N) is 2. The Balaban J connectivity index is 1.87. The number of methoxy groups -OCH3 is 1. The van der Waals surface area contributed by atoms with Gasteiger partial charge in [0.05, 0.1) is 18.0 Å². The highest BCUT2D eigenvalue weighted by atomic mass is 32.1. The van der Waals surface area contributed by atoms with Crippen LogP contribution in [-0.4, -0.2) is 37.9 Å². The number of benzene rings is 1. The molecule has 6 nitrogen and oxygen atoms in total. The third-order valence-corrected chi connectivity index (χ3v) is 4.23. The van der Waals surface area contributed by atoms with Crippen LogP contribution in [0.3, 0.4) is 0 Å². The molecule has 0 saturated carbocycles. The van der Waals surface area contributed by atoms with E-state index in [4.69, 9.17) is 4.74 Å². The van der Waals surface area contributed by atoms with Crippen LogP contribution in [-0.2, 0) is 20.9 Å². The summed E-state index contributed by atoms with van der Waals surface area (Å²) >= 11 is 1.30. The third kappa shape index (κ3) is 5.00. The summed E-state index contributed by atoms with van der Waals surface area (Å²) in [6.45, 7) is 0.815. The van der Waals surface area contributed by atoms with Gasteiger partial charge in [0, 0.05) is 24.1 Å². The van der Waals surface area contributed by atoms with Gasteiger partial charge < -0.3 is 15.4 Å². The Morgan fingerprint density at radius 1 is 1.00 bits per heavy atom. The monoisotopic (exact) mass is 346 g/mol. The third-order valence-electron chi connectivity index (χ3n) is 3.14. The van der Waals surface area contributed by atoms with Gasteiger partial charge >= 0.3 is 11.8 Å². The number of hydrogen-bond acceptors (Lipinski definition) is 5. The molecule has 2 amide bonds. The second-order valence-electron chi connectivity index (χ2n) is 4.89. The molecule has 24 heavy (non-hydrogen) atoms. The quantitative estimate of drug-likeness (QED) is 0.450. The van der Waals surface area contributed by atoms with Gasteiger partial charge in [-0.05, 0) is 12.1 Å². The minimum Gasteiger partial charge on any atom is -0.383 e. The Bertz CT molecular complexity index is 712. The number of hydrogen-bond donors (Lipinski definition) is 2. The van der Waals surface area contributed by atoms with E-state index in [2.05, 4.69) is 10.6 Å². The summed E-state index contributed by atoms with van der Waals surface area (Å²) in [6, 6.07) is 12.5. The molecular formula is C17H18N2O4S. The van der Waals surface area contributed by atoms with Gasteiger partial charge in [-0.3, -0.25) is 14.4 Å². The summed E-state index contributed by atoms with van der Waals surface area (Å²) in [5.41, 5.74) is 0.618. The average Bonchev–Trinajstić information content (AvgIpc) is 3.08. The van der Waals surface area contributed by atoms with Gasteiger partial charge in [-0.25, -0.2) is 0 Å². The molecule has 0 aliphatic rings. The van der Waals surface area contributed by atoms with Crippen molar-refractivity contribution < 1.29 is 19.1 Å². The van der Waals surface area contributed by atoms with Crippen LogP contribution in [0, 0.1) is 0 Å². The first kappa shape index (κ1) is 17.8. The lowest BCUT2D eigenvalue weighted by Gasteiger charge is -2.04. The minimum absolute atomic E-state index is 0.0597. The summed E-state index contributed by atoms with van der Waals surface area (Å²) < 4.78 is 4.79. The highest BCUT2D eigenvalue weighted by Gasteiger charge is 2.14. The first-order valence-electron chi connectivity index (χ1n) is 7.35. The molecule has 0 aliphatic heterocycles. The van der Waals surface area contributed by atoms with Gasteiger partial charge in [-0.15, -0.1) is 11.3 Å². The van der Waals surface area contributed by atoms with E-state index in [-0.39, 0.29) is 18.9 Å². The summed E-state index contributed by atoms with van der Waals surface area (Å²) in [5.74, 6) is -1.48. The van der Waals surface area contributed by atoms with Crippen LogP contribution in [0.1, 0.15) is 20.1 Å². The maximum Gasteiger partial charge on any atom is 0.309 e. The van der Waals surface area contributed by atoms with Crippen molar-refractivity contribution in [3.05, 3.63) is 57.8 Å². The molecule has 0 aliphatic carbocycles. The zero-order chi connectivity index (χ0) is 17.4. The highest BCUT2D eigenvalue weighted by Crippen LogP contribution is 2.20. The zero-order valence-electron chi connectivity index (χ0n) is 13.2. The fourth-order valence-electron chi connectivity index (χ4n) is 1.92. The van der Waals surface area contributed by atoms with Crippen molar-refractivity contribution in [2.75, 3.05) is 20.3 Å². The molecule has 2 N–H and O–H groups in total. The molecule has 126 valence electrons. The van der Waals surface area contributed by atoms with Crippen molar-refractivity contribution in [1.29, 1.82) is 0 Å². The van der Waals surface area contributed by atoms with Gasteiger partial charge in [-0.2, -0.15) is 0 Å². The van der Waals surface area contributed by atoms with Crippen molar-refractivity contribution in [1.82, 2.24) is 10.6 Å². The summed E-state index contributed by atoms with van der Waals surface area (Å²) in [7, 11) is 1.51. The predicted octanol–water partition coefficient (Wildman–Crippen LogP) is 1.36. The lowest BCUT2D eigenvalue weighted by molar-refractivity contribution is -0.139. The van der Waals surface area contributed by atoms with Crippen LogP contribution in [0.2, 0.25) is 0 Å². The fraction of sp³-hybridized carbons (Fsp3) is 0.235. The smallest absolute Gasteiger partial charge is 0.309 e. The minimum atomic E-state index is -0.713. The van der Waals surface area contributed by atoms with Gasteiger partial charge in [0.1, 0.15) is 0 Å². The number of ether oxygens (including phenoxy) is 1. The number of ketones is 1. The lowest BCUT2D eigenvalue weighted by atomic mass is 10.1. The van der Waals surface area contributed by atoms with E-state index < -0.39 is 11.8 Å². The van der Waals surface area contributed by atoms with Crippen molar-refractivity contribution in [2.24, 2.45) is 0 Å². The summed E-state index contributed by atoms with van der Waals surface area (Å²) in [5, 5.41) is 4.96. The maximum atomic E-state index is 12.3. The predicted molar refractivity (Wildman–Crippen MR) is 90.9 cm³/mol. The van der Waals surface area contributed by atoms with Crippen molar-refractivity contribution in [2.45, 2.75) is 6.54 Å². The number of rotatable bonds is 7. The zero-order valence-corrected chi connectivity index (χ0v) is 14.0. The van der Waals surface area contributed by atoms with Crippen molar-refractivity contribution in [3.63, 3.8) is 0 Å². The Hall–Kier alpha value is -2.51. The van der Waals surface area contributed by atoms with E-state index in [1.807, 2.05) is 18.2 Å². The molecule has 0 fully saturated rings. The highest BCUT2D eigenvalue weighted by molar-refractivity contribution is 7.14. The molecule has 0 spiro atoms. The van der Waals surface area contributed by atoms with Crippen molar-refractivity contribution >= 4 is 28.9 Å². The number of amides is 2. The molecule has 2 rings (SSSR count). The largest absolute Gasteiger partial charge is 0.383 e. The summed E-state index contributed by atoms with van der Waals surface area (Å²) in [6.07, 6.45) is 0. The molecule has 0 bridgehead atoms. The maximum absolute atomic E-state index is 12.3. The Labute approximate surface area is 143 Å². The molecule has 1 aromatic carbocycles.